The maximum atomic E-state index is 10.8. The number of aliphatic hydroxyl groups excluding tert-OH is 1. The number of halogens is 1. The van der Waals surface area contributed by atoms with Crippen LogP contribution in [-0.4, -0.2) is 25.0 Å². The molecule has 2 rings (SSSR count). The molecule has 0 saturated heterocycles. The molecular formula is C9H7ClN4O3. The van der Waals surface area contributed by atoms with Crippen LogP contribution >= 0.6 is 11.6 Å². The Morgan fingerprint density at radius 3 is 2.88 bits per heavy atom. The van der Waals surface area contributed by atoms with Crippen molar-refractivity contribution in [1.29, 1.82) is 0 Å². The van der Waals surface area contributed by atoms with Crippen LogP contribution in [-0.2, 0) is 6.61 Å². The van der Waals surface area contributed by atoms with Crippen LogP contribution in [0.15, 0.2) is 24.4 Å². The Hall–Kier alpha value is -1.99. The van der Waals surface area contributed by atoms with E-state index in [9.17, 15) is 10.1 Å². The molecule has 0 spiro atoms. The van der Waals surface area contributed by atoms with Gasteiger partial charge in [0.1, 0.15) is 11.4 Å². The third-order valence-electron chi connectivity index (χ3n) is 2.08. The summed E-state index contributed by atoms with van der Waals surface area (Å²) in [6, 6.07) is 4.13. The van der Waals surface area contributed by atoms with E-state index in [0.29, 0.717) is 10.7 Å². The summed E-state index contributed by atoms with van der Waals surface area (Å²) in [7, 11) is 0. The van der Waals surface area contributed by atoms with Crippen LogP contribution in [0.1, 0.15) is 5.69 Å². The normalized spacial score (nSPS) is 10.5. The first-order chi connectivity index (χ1) is 8.11. The molecule has 1 N–H and O–H groups in total. The maximum absolute atomic E-state index is 10.8. The summed E-state index contributed by atoms with van der Waals surface area (Å²) in [6.45, 7) is -0.283. The lowest BCUT2D eigenvalue weighted by Crippen LogP contribution is -2.00. The topological polar surface area (TPSA) is 94.1 Å². The van der Waals surface area contributed by atoms with Gasteiger partial charge in [-0.1, -0.05) is 16.8 Å². The molecule has 0 atom stereocenters. The first-order valence-corrected chi connectivity index (χ1v) is 4.96. The fraction of sp³-hybridized carbons (Fsp3) is 0.111. The Kier molecular flexibility index (Phi) is 3.03. The second-order valence-corrected chi connectivity index (χ2v) is 3.64. The summed E-state index contributed by atoms with van der Waals surface area (Å²) in [5.41, 5.74) is 0.387. The third-order valence-corrected chi connectivity index (χ3v) is 2.32. The Morgan fingerprint density at radius 1 is 1.53 bits per heavy atom. The Morgan fingerprint density at radius 2 is 2.29 bits per heavy atom. The van der Waals surface area contributed by atoms with Crippen molar-refractivity contribution in [2.24, 2.45) is 0 Å². The second kappa shape index (κ2) is 4.48. The molecular weight excluding hydrogens is 248 g/mol. The van der Waals surface area contributed by atoms with Crippen molar-refractivity contribution in [2.45, 2.75) is 6.61 Å². The highest BCUT2D eigenvalue weighted by molar-refractivity contribution is 6.30. The number of aliphatic hydroxyl groups is 1. The van der Waals surface area contributed by atoms with Crippen LogP contribution in [0.5, 0.6) is 0 Å². The fourth-order valence-corrected chi connectivity index (χ4v) is 1.49. The fourth-order valence-electron chi connectivity index (χ4n) is 1.32. The van der Waals surface area contributed by atoms with E-state index in [2.05, 4.69) is 10.3 Å². The number of hydrogen-bond acceptors (Lipinski definition) is 5. The Balaban J connectivity index is 2.56. The highest BCUT2D eigenvalue weighted by Crippen LogP contribution is 2.25. The molecule has 1 aromatic heterocycles. The molecule has 7 nitrogen and oxygen atoms in total. The summed E-state index contributed by atoms with van der Waals surface area (Å²) >= 11 is 5.78. The highest BCUT2D eigenvalue weighted by Gasteiger charge is 2.16. The van der Waals surface area contributed by atoms with E-state index in [1.807, 2.05) is 0 Å². The zero-order chi connectivity index (χ0) is 12.4. The van der Waals surface area contributed by atoms with Crippen LogP contribution in [0.4, 0.5) is 5.69 Å². The molecule has 1 aromatic carbocycles. The van der Waals surface area contributed by atoms with Gasteiger partial charge < -0.3 is 5.11 Å². The minimum Gasteiger partial charge on any atom is -0.390 e. The Bertz CT molecular complexity index is 569. The number of nitro benzene ring substituents is 1. The van der Waals surface area contributed by atoms with E-state index in [0.717, 1.165) is 0 Å². The molecule has 0 saturated carbocycles. The van der Waals surface area contributed by atoms with E-state index in [-0.39, 0.29) is 18.0 Å². The van der Waals surface area contributed by atoms with Gasteiger partial charge in [-0.05, 0) is 12.1 Å². The molecule has 0 unspecified atom stereocenters. The van der Waals surface area contributed by atoms with Gasteiger partial charge in [-0.2, -0.15) is 0 Å². The van der Waals surface area contributed by atoms with Crippen molar-refractivity contribution in [1.82, 2.24) is 15.0 Å². The first-order valence-electron chi connectivity index (χ1n) is 4.58. The van der Waals surface area contributed by atoms with E-state index < -0.39 is 4.92 Å². The lowest BCUT2D eigenvalue weighted by atomic mass is 10.2. The molecule has 0 bridgehead atoms. The molecule has 0 radical (unpaired) electrons. The van der Waals surface area contributed by atoms with Gasteiger partial charge in [-0.3, -0.25) is 10.1 Å². The van der Waals surface area contributed by atoms with Gasteiger partial charge in [0.05, 0.1) is 17.7 Å². The van der Waals surface area contributed by atoms with Gasteiger partial charge >= 0.3 is 0 Å². The summed E-state index contributed by atoms with van der Waals surface area (Å²) in [5.74, 6) is 0. The van der Waals surface area contributed by atoms with Crippen LogP contribution in [0.3, 0.4) is 0 Å². The number of benzene rings is 1. The summed E-state index contributed by atoms with van der Waals surface area (Å²) < 4.78 is 1.20. The summed E-state index contributed by atoms with van der Waals surface area (Å²) in [5, 5.41) is 27.4. The van der Waals surface area contributed by atoms with Gasteiger partial charge in [0, 0.05) is 11.1 Å². The predicted molar refractivity (Wildman–Crippen MR) is 58.9 cm³/mol. The first kappa shape index (κ1) is 11.5. The summed E-state index contributed by atoms with van der Waals surface area (Å²) in [4.78, 5) is 10.3. The zero-order valence-electron chi connectivity index (χ0n) is 8.45. The SMILES string of the molecule is O=[N+]([O-])c1ccc(Cl)cc1-n1cc(CO)nn1. The highest BCUT2D eigenvalue weighted by atomic mass is 35.5. The van der Waals surface area contributed by atoms with E-state index in [1.165, 1.54) is 29.1 Å². The number of nitrogens with zero attached hydrogens (tertiary/aromatic N) is 4. The largest absolute Gasteiger partial charge is 0.390 e. The third kappa shape index (κ3) is 2.24. The minimum absolute atomic E-state index is 0.135. The predicted octanol–water partition coefficient (Wildman–Crippen LogP) is 1.32. The second-order valence-electron chi connectivity index (χ2n) is 3.20. The smallest absolute Gasteiger partial charge is 0.295 e. The van der Waals surface area contributed by atoms with Crippen molar-refractivity contribution in [3.05, 3.63) is 45.2 Å². The standard InChI is InChI=1S/C9H7ClN4O3/c10-6-1-2-8(14(16)17)9(3-6)13-4-7(5-15)11-12-13/h1-4,15H,5H2. The molecule has 17 heavy (non-hydrogen) atoms. The van der Waals surface area contributed by atoms with E-state index >= 15 is 0 Å². The van der Waals surface area contributed by atoms with Gasteiger partial charge in [0.15, 0.2) is 0 Å². The van der Waals surface area contributed by atoms with Gasteiger partial charge in [0.25, 0.3) is 5.69 Å². The van der Waals surface area contributed by atoms with Crippen molar-refractivity contribution in [3.8, 4) is 5.69 Å². The van der Waals surface area contributed by atoms with E-state index in [4.69, 9.17) is 16.7 Å². The Labute approximate surface area is 100 Å². The number of hydrogen-bond donors (Lipinski definition) is 1. The molecule has 0 fully saturated rings. The molecule has 0 aliphatic rings. The van der Waals surface area contributed by atoms with Crippen LogP contribution in [0.2, 0.25) is 5.02 Å². The summed E-state index contributed by atoms with van der Waals surface area (Å²) in [6.07, 6.45) is 1.40. The lowest BCUT2D eigenvalue weighted by molar-refractivity contribution is -0.384. The van der Waals surface area contributed by atoms with Crippen LogP contribution in [0, 0.1) is 10.1 Å². The maximum Gasteiger partial charge on any atom is 0.295 e. The van der Waals surface area contributed by atoms with Gasteiger partial charge in [-0.25, -0.2) is 4.68 Å². The van der Waals surface area contributed by atoms with Crippen molar-refractivity contribution in [2.75, 3.05) is 0 Å². The molecule has 0 aliphatic carbocycles. The molecule has 8 heteroatoms. The average molecular weight is 255 g/mol. The quantitative estimate of drug-likeness (QED) is 0.658. The number of nitro groups is 1. The van der Waals surface area contributed by atoms with Gasteiger partial charge in [-0.15, -0.1) is 5.10 Å². The molecule has 88 valence electrons. The molecule has 1 heterocycles. The van der Waals surface area contributed by atoms with E-state index in [1.54, 1.807) is 0 Å². The van der Waals surface area contributed by atoms with Crippen LogP contribution in [0.25, 0.3) is 5.69 Å². The van der Waals surface area contributed by atoms with Crippen molar-refractivity contribution >= 4 is 17.3 Å². The van der Waals surface area contributed by atoms with Crippen LogP contribution < -0.4 is 0 Å². The number of aromatic nitrogens is 3. The molecule has 0 aliphatic heterocycles. The van der Waals surface area contributed by atoms with Crippen molar-refractivity contribution < 1.29 is 10.0 Å². The zero-order valence-corrected chi connectivity index (χ0v) is 9.20. The van der Waals surface area contributed by atoms with Crippen molar-refractivity contribution in [3.63, 3.8) is 0 Å². The molecule has 0 amide bonds. The monoisotopic (exact) mass is 254 g/mol. The number of rotatable bonds is 3. The van der Waals surface area contributed by atoms with Gasteiger partial charge in [0.2, 0.25) is 0 Å². The minimum atomic E-state index is -0.536. The average Bonchev–Trinajstić information content (AvgIpc) is 2.76. The lowest BCUT2D eigenvalue weighted by Gasteiger charge is -2.02. The molecule has 2 aromatic rings.